The van der Waals surface area contributed by atoms with E-state index in [4.69, 9.17) is 15.3 Å². The van der Waals surface area contributed by atoms with Crippen molar-refractivity contribution in [1.29, 1.82) is 10.5 Å². The Balaban J connectivity index is 2.33. The molecular weight excluding hydrogens is 250 g/mol. The highest BCUT2D eigenvalue weighted by molar-refractivity contribution is 5.36. The molecule has 0 fully saturated rings. The molecule has 0 aliphatic rings. The molecule has 0 saturated heterocycles. The van der Waals surface area contributed by atoms with Gasteiger partial charge in [-0.25, -0.2) is 0 Å². The van der Waals surface area contributed by atoms with E-state index in [0.29, 0.717) is 24.6 Å². The molecule has 20 heavy (non-hydrogen) atoms. The molecule has 0 heterocycles. The lowest BCUT2D eigenvalue weighted by molar-refractivity contribution is 0.201. The molecule has 0 unspecified atom stereocenters. The normalized spacial score (nSPS) is 10.3. The maximum Gasteiger partial charge on any atom is 0.120 e. The molecule has 0 radical (unpaired) electrons. The van der Waals surface area contributed by atoms with Crippen molar-refractivity contribution in [2.24, 2.45) is 0 Å². The summed E-state index contributed by atoms with van der Waals surface area (Å²) in [7, 11) is 0. The SMILES string of the molecule is CC(C)N(CCC#N)CCCOc1cccc(C#N)c1. The van der Waals surface area contributed by atoms with E-state index in [9.17, 15) is 0 Å². The molecule has 1 rings (SSSR count). The Kier molecular flexibility index (Phi) is 7.17. The van der Waals surface area contributed by atoms with Gasteiger partial charge in [-0.2, -0.15) is 10.5 Å². The zero-order valence-electron chi connectivity index (χ0n) is 12.2. The van der Waals surface area contributed by atoms with Crippen LogP contribution in [0, 0.1) is 22.7 Å². The molecule has 0 saturated carbocycles. The van der Waals surface area contributed by atoms with E-state index in [-0.39, 0.29) is 0 Å². The smallest absolute Gasteiger partial charge is 0.120 e. The molecule has 0 spiro atoms. The second-order valence-electron chi connectivity index (χ2n) is 4.88. The fourth-order valence-electron chi connectivity index (χ4n) is 1.93. The summed E-state index contributed by atoms with van der Waals surface area (Å²) in [4.78, 5) is 2.28. The topological polar surface area (TPSA) is 60.1 Å². The fourth-order valence-corrected chi connectivity index (χ4v) is 1.93. The maximum atomic E-state index is 8.81. The first-order chi connectivity index (χ1) is 9.67. The van der Waals surface area contributed by atoms with Gasteiger partial charge in [0.25, 0.3) is 0 Å². The molecule has 0 aliphatic carbocycles. The van der Waals surface area contributed by atoms with E-state index in [1.165, 1.54) is 0 Å². The lowest BCUT2D eigenvalue weighted by Crippen LogP contribution is -2.33. The molecule has 4 nitrogen and oxygen atoms in total. The average molecular weight is 271 g/mol. The number of hydrogen-bond donors (Lipinski definition) is 0. The van der Waals surface area contributed by atoms with Crippen LogP contribution in [0.4, 0.5) is 0 Å². The predicted octanol–water partition coefficient (Wildman–Crippen LogP) is 2.95. The van der Waals surface area contributed by atoms with Crippen LogP contribution in [-0.2, 0) is 0 Å². The molecule has 0 aromatic heterocycles. The lowest BCUT2D eigenvalue weighted by Gasteiger charge is -2.25. The molecular formula is C16H21N3O. The number of nitrogens with zero attached hydrogens (tertiary/aromatic N) is 3. The van der Waals surface area contributed by atoms with Crippen molar-refractivity contribution in [2.45, 2.75) is 32.7 Å². The fraction of sp³-hybridized carbons (Fsp3) is 0.500. The van der Waals surface area contributed by atoms with Gasteiger partial charge in [-0.05, 0) is 38.5 Å². The quantitative estimate of drug-likeness (QED) is 0.682. The first-order valence-corrected chi connectivity index (χ1v) is 6.91. The third kappa shape index (κ3) is 5.73. The van der Waals surface area contributed by atoms with Crippen molar-refractivity contribution in [2.75, 3.05) is 19.7 Å². The molecule has 0 aliphatic heterocycles. The van der Waals surface area contributed by atoms with Gasteiger partial charge in [0.1, 0.15) is 5.75 Å². The molecule has 0 amide bonds. The van der Waals surface area contributed by atoms with Crippen LogP contribution in [0.2, 0.25) is 0 Å². The Hall–Kier alpha value is -2.04. The summed E-state index contributed by atoms with van der Waals surface area (Å²) in [5.74, 6) is 0.733. The predicted molar refractivity (Wildman–Crippen MR) is 78.2 cm³/mol. The van der Waals surface area contributed by atoms with Gasteiger partial charge in [-0.15, -0.1) is 0 Å². The third-order valence-electron chi connectivity index (χ3n) is 3.06. The largest absolute Gasteiger partial charge is 0.494 e. The Bertz CT molecular complexity index is 485. The molecule has 1 aromatic carbocycles. The minimum absolute atomic E-state index is 0.435. The van der Waals surface area contributed by atoms with Crippen LogP contribution in [0.3, 0.4) is 0 Å². The lowest BCUT2D eigenvalue weighted by atomic mass is 10.2. The van der Waals surface area contributed by atoms with Gasteiger partial charge >= 0.3 is 0 Å². The van der Waals surface area contributed by atoms with Gasteiger partial charge in [-0.3, -0.25) is 4.90 Å². The van der Waals surface area contributed by atoms with Crippen LogP contribution in [-0.4, -0.2) is 30.6 Å². The van der Waals surface area contributed by atoms with E-state index in [1.54, 1.807) is 12.1 Å². The van der Waals surface area contributed by atoms with Gasteiger partial charge in [0.15, 0.2) is 0 Å². The number of rotatable bonds is 8. The van der Waals surface area contributed by atoms with Crippen molar-refractivity contribution < 1.29 is 4.74 Å². The number of nitriles is 2. The molecule has 0 N–H and O–H groups in total. The van der Waals surface area contributed by atoms with Crippen LogP contribution in [0.1, 0.15) is 32.3 Å². The summed E-state index contributed by atoms with van der Waals surface area (Å²) in [5.41, 5.74) is 0.611. The summed E-state index contributed by atoms with van der Waals surface area (Å²) >= 11 is 0. The van der Waals surface area contributed by atoms with Crippen LogP contribution >= 0.6 is 0 Å². The maximum absolute atomic E-state index is 8.81. The summed E-state index contributed by atoms with van der Waals surface area (Å²) in [6.07, 6.45) is 1.46. The molecule has 0 bridgehead atoms. The van der Waals surface area contributed by atoms with Gasteiger partial charge in [-0.1, -0.05) is 6.07 Å². The Morgan fingerprint density at radius 3 is 2.70 bits per heavy atom. The van der Waals surface area contributed by atoms with Crippen molar-refractivity contribution in [3.63, 3.8) is 0 Å². The second-order valence-corrected chi connectivity index (χ2v) is 4.88. The Labute approximate surface area is 121 Å². The van der Waals surface area contributed by atoms with Gasteiger partial charge < -0.3 is 4.74 Å². The van der Waals surface area contributed by atoms with E-state index in [0.717, 1.165) is 25.3 Å². The summed E-state index contributed by atoms with van der Waals surface area (Å²) in [5, 5.41) is 17.5. The van der Waals surface area contributed by atoms with Gasteiger partial charge in [0.05, 0.1) is 24.3 Å². The first kappa shape index (κ1) is 16.0. The minimum Gasteiger partial charge on any atom is -0.494 e. The summed E-state index contributed by atoms with van der Waals surface area (Å²) in [6.45, 7) is 6.60. The van der Waals surface area contributed by atoms with Crippen molar-refractivity contribution in [1.82, 2.24) is 4.90 Å². The third-order valence-corrected chi connectivity index (χ3v) is 3.06. The highest BCUT2D eigenvalue weighted by atomic mass is 16.5. The zero-order chi connectivity index (χ0) is 14.8. The van der Waals surface area contributed by atoms with Gasteiger partial charge in [0, 0.05) is 25.6 Å². The summed E-state index contributed by atoms with van der Waals surface area (Å²) < 4.78 is 5.64. The number of ether oxygens (including phenoxy) is 1. The molecule has 106 valence electrons. The first-order valence-electron chi connectivity index (χ1n) is 6.91. The minimum atomic E-state index is 0.435. The molecule has 0 atom stereocenters. The van der Waals surface area contributed by atoms with Crippen molar-refractivity contribution in [3.05, 3.63) is 29.8 Å². The van der Waals surface area contributed by atoms with E-state index in [2.05, 4.69) is 30.9 Å². The average Bonchev–Trinajstić information content (AvgIpc) is 2.46. The van der Waals surface area contributed by atoms with Crippen molar-refractivity contribution in [3.8, 4) is 17.9 Å². The highest BCUT2D eigenvalue weighted by Crippen LogP contribution is 2.13. The van der Waals surface area contributed by atoms with E-state index in [1.807, 2.05) is 12.1 Å². The van der Waals surface area contributed by atoms with Crippen LogP contribution in [0.25, 0.3) is 0 Å². The van der Waals surface area contributed by atoms with E-state index >= 15 is 0 Å². The number of hydrogen-bond acceptors (Lipinski definition) is 4. The Morgan fingerprint density at radius 1 is 1.25 bits per heavy atom. The van der Waals surface area contributed by atoms with E-state index < -0.39 is 0 Å². The standard InChI is InChI=1S/C16H21N3O/c1-14(2)19(9-4-8-17)10-5-11-20-16-7-3-6-15(12-16)13-18/h3,6-7,12,14H,4-5,9-11H2,1-2H3. The number of benzene rings is 1. The highest BCUT2D eigenvalue weighted by Gasteiger charge is 2.08. The van der Waals surface area contributed by atoms with Crippen LogP contribution < -0.4 is 4.74 Å². The summed E-state index contributed by atoms with van der Waals surface area (Å²) in [6, 6.07) is 11.9. The van der Waals surface area contributed by atoms with Crippen molar-refractivity contribution >= 4 is 0 Å². The molecule has 4 heteroatoms. The monoisotopic (exact) mass is 271 g/mol. The zero-order valence-corrected chi connectivity index (χ0v) is 12.2. The Morgan fingerprint density at radius 2 is 2.05 bits per heavy atom. The van der Waals surface area contributed by atoms with Crippen LogP contribution in [0.15, 0.2) is 24.3 Å². The van der Waals surface area contributed by atoms with Gasteiger partial charge in [0.2, 0.25) is 0 Å². The van der Waals surface area contributed by atoms with Crippen LogP contribution in [0.5, 0.6) is 5.75 Å². The second kappa shape index (κ2) is 8.96. The molecule has 1 aromatic rings.